The van der Waals surface area contributed by atoms with Gasteiger partial charge in [-0.25, -0.2) is 4.79 Å². The Morgan fingerprint density at radius 2 is 2.24 bits per heavy atom. The van der Waals surface area contributed by atoms with Crippen LogP contribution in [-0.2, 0) is 6.42 Å². The second-order valence-corrected chi connectivity index (χ2v) is 4.46. The number of hydrogen-bond acceptors (Lipinski definition) is 2. The van der Waals surface area contributed by atoms with Gasteiger partial charge in [-0.3, -0.25) is 0 Å². The SMILES string of the molecule is CC(Cc1ccsc1)NC(=O)NCC(F)(F)F. The van der Waals surface area contributed by atoms with Gasteiger partial charge < -0.3 is 10.6 Å². The Morgan fingerprint density at radius 3 is 2.76 bits per heavy atom. The smallest absolute Gasteiger partial charge is 0.335 e. The van der Waals surface area contributed by atoms with Gasteiger partial charge in [0.05, 0.1) is 0 Å². The van der Waals surface area contributed by atoms with E-state index in [1.165, 1.54) is 11.3 Å². The molecule has 96 valence electrons. The van der Waals surface area contributed by atoms with Crippen molar-refractivity contribution in [2.24, 2.45) is 0 Å². The number of carbonyl (C=O) groups excluding carboxylic acids is 1. The molecule has 0 fully saturated rings. The summed E-state index contributed by atoms with van der Waals surface area (Å²) in [4.78, 5) is 11.1. The molecule has 0 bridgehead atoms. The first-order chi connectivity index (χ1) is 7.87. The number of rotatable bonds is 4. The van der Waals surface area contributed by atoms with Crippen molar-refractivity contribution in [3.63, 3.8) is 0 Å². The van der Waals surface area contributed by atoms with Crippen molar-refractivity contribution < 1.29 is 18.0 Å². The predicted molar refractivity (Wildman–Crippen MR) is 60.1 cm³/mol. The Hall–Kier alpha value is -1.24. The topological polar surface area (TPSA) is 41.1 Å². The van der Waals surface area contributed by atoms with E-state index in [2.05, 4.69) is 5.32 Å². The van der Waals surface area contributed by atoms with Crippen LogP contribution in [0, 0.1) is 0 Å². The summed E-state index contributed by atoms with van der Waals surface area (Å²) < 4.78 is 35.5. The molecular weight excluding hydrogens is 253 g/mol. The van der Waals surface area contributed by atoms with Crippen LogP contribution < -0.4 is 10.6 Å². The second kappa shape index (κ2) is 5.90. The molecule has 1 aromatic heterocycles. The Bertz CT molecular complexity index is 351. The van der Waals surface area contributed by atoms with Crippen molar-refractivity contribution in [3.8, 4) is 0 Å². The van der Waals surface area contributed by atoms with E-state index in [4.69, 9.17) is 0 Å². The molecule has 3 nitrogen and oxygen atoms in total. The van der Waals surface area contributed by atoms with E-state index in [1.54, 1.807) is 12.2 Å². The first-order valence-corrected chi connectivity index (χ1v) is 5.93. The third kappa shape index (κ3) is 6.15. The minimum absolute atomic E-state index is 0.210. The van der Waals surface area contributed by atoms with Crippen molar-refractivity contribution in [2.75, 3.05) is 6.54 Å². The molecule has 2 amide bonds. The molecule has 1 atom stereocenters. The number of amides is 2. The van der Waals surface area contributed by atoms with Gasteiger partial charge in [0, 0.05) is 6.04 Å². The minimum Gasteiger partial charge on any atom is -0.335 e. The lowest BCUT2D eigenvalue weighted by Gasteiger charge is -2.14. The van der Waals surface area contributed by atoms with E-state index in [0.29, 0.717) is 6.42 Å². The monoisotopic (exact) mass is 266 g/mol. The van der Waals surface area contributed by atoms with Crippen LogP contribution in [0.15, 0.2) is 16.8 Å². The van der Waals surface area contributed by atoms with Crippen molar-refractivity contribution in [1.82, 2.24) is 10.6 Å². The van der Waals surface area contributed by atoms with Crippen LogP contribution in [0.5, 0.6) is 0 Å². The average molecular weight is 266 g/mol. The minimum atomic E-state index is -4.38. The maximum atomic E-state index is 11.8. The zero-order chi connectivity index (χ0) is 12.9. The fraction of sp³-hybridized carbons (Fsp3) is 0.500. The van der Waals surface area contributed by atoms with Crippen LogP contribution in [0.25, 0.3) is 0 Å². The summed E-state index contributed by atoms with van der Waals surface area (Å²) in [7, 11) is 0. The first kappa shape index (κ1) is 13.8. The quantitative estimate of drug-likeness (QED) is 0.864. The van der Waals surface area contributed by atoms with Gasteiger partial charge in [0.2, 0.25) is 0 Å². The molecular formula is C10H13F3N2OS. The summed E-state index contributed by atoms with van der Waals surface area (Å²) in [5.74, 6) is 0. The Labute approximate surface area is 101 Å². The Balaban J connectivity index is 2.26. The van der Waals surface area contributed by atoms with E-state index in [-0.39, 0.29) is 6.04 Å². The zero-order valence-corrected chi connectivity index (χ0v) is 9.99. The van der Waals surface area contributed by atoms with Gasteiger partial charge >= 0.3 is 12.2 Å². The van der Waals surface area contributed by atoms with Crippen LogP contribution in [0.3, 0.4) is 0 Å². The van der Waals surface area contributed by atoms with E-state index in [9.17, 15) is 18.0 Å². The highest BCUT2D eigenvalue weighted by atomic mass is 32.1. The molecule has 0 aliphatic carbocycles. The third-order valence-electron chi connectivity index (χ3n) is 1.95. The summed E-state index contributed by atoms with van der Waals surface area (Å²) in [6.45, 7) is 0.425. The number of thiophene rings is 1. The van der Waals surface area contributed by atoms with Gasteiger partial charge in [-0.05, 0) is 35.7 Å². The van der Waals surface area contributed by atoms with E-state index >= 15 is 0 Å². The third-order valence-corrected chi connectivity index (χ3v) is 2.68. The molecule has 1 rings (SSSR count). The van der Waals surface area contributed by atoms with E-state index < -0.39 is 18.8 Å². The van der Waals surface area contributed by atoms with Crippen LogP contribution in [-0.4, -0.2) is 24.8 Å². The van der Waals surface area contributed by atoms with Gasteiger partial charge in [-0.15, -0.1) is 0 Å². The molecule has 2 N–H and O–H groups in total. The number of halogens is 3. The van der Waals surface area contributed by atoms with Crippen molar-refractivity contribution >= 4 is 17.4 Å². The fourth-order valence-corrected chi connectivity index (χ4v) is 1.95. The summed E-state index contributed by atoms with van der Waals surface area (Å²) in [5.41, 5.74) is 1.05. The van der Waals surface area contributed by atoms with Gasteiger partial charge in [0.15, 0.2) is 0 Å². The summed E-state index contributed by atoms with van der Waals surface area (Å²) in [6.07, 6.45) is -3.78. The van der Waals surface area contributed by atoms with E-state index in [1.807, 2.05) is 16.8 Å². The van der Waals surface area contributed by atoms with Gasteiger partial charge in [0.1, 0.15) is 6.54 Å². The van der Waals surface area contributed by atoms with Crippen molar-refractivity contribution in [3.05, 3.63) is 22.4 Å². The molecule has 0 radical (unpaired) electrons. The van der Waals surface area contributed by atoms with Crippen LogP contribution in [0.4, 0.5) is 18.0 Å². The maximum Gasteiger partial charge on any atom is 0.405 e. The van der Waals surface area contributed by atoms with Crippen LogP contribution in [0.2, 0.25) is 0 Å². The molecule has 0 saturated heterocycles. The normalized spacial score (nSPS) is 13.2. The van der Waals surface area contributed by atoms with Crippen LogP contribution >= 0.6 is 11.3 Å². The standard InChI is InChI=1S/C10H13F3N2OS/c1-7(4-8-2-3-17-5-8)15-9(16)14-6-10(11,12)13/h2-3,5,7H,4,6H2,1H3,(H2,14,15,16). The molecule has 1 unspecified atom stereocenters. The molecule has 1 aromatic rings. The summed E-state index contributed by atoms with van der Waals surface area (Å²) in [5, 5.41) is 8.05. The van der Waals surface area contributed by atoms with Gasteiger partial charge in [-0.1, -0.05) is 0 Å². The highest BCUT2D eigenvalue weighted by Crippen LogP contribution is 2.12. The molecule has 7 heteroatoms. The molecule has 0 spiro atoms. The number of hydrogen-bond donors (Lipinski definition) is 2. The molecule has 0 aliphatic rings. The first-order valence-electron chi connectivity index (χ1n) is 4.99. The number of nitrogens with one attached hydrogen (secondary N) is 2. The number of carbonyl (C=O) groups is 1. The van der Waals surface area contributed by atoms with Gasteiger partial charge in [0.25, 0.3) is 0 Å². The molecule has 0 aliphatic heterocycles. The Morgan fingerprint density at radius 1 is 1.53 bits per heavy atom. The lowest BCUT2D eigenvalue weighted by Crippen LogP contribution is -2.44. The second-order valence-electron chi connectivity index (χ2n) is 3.68. The van der Waals surface area contributed by atoms with Gasteiger partial charge in [-0.2, -0.15) is 24.5 Å². The number of urea groups is 1. The average Bonchev–Trinajstić information content (AvgIpc) is 2.66. The molecule has 1 heterocycles. The van der Waals surface area contributed by atoms with E-state index in [0.717, 1.165) is 5.56 Å². The highest BCUT2D eigenvalue weighted by Gasteiger charge is 2.27. The molecule has 0 saturated carbocycles. The largest absolute Gasteiger partial charge is 0.405 e. The predicted octanol–water partition coefficient (Wildman–Crippen LogP) is 2.54. The molecule has 0 aromatic carbocycles. The van der Waals surface area contributed by atoms with Crippen LogP contribution in [0.1, 0.15) is 12.5 Å². The molecule has 17 heavy (non-hydrogen) atoms. The van der Waals surface area contributed by atoms with Crippen molar-refractivity contribution in [2.45, 2.75) is 25.6 Å². The van der Waals surface area contributed by atoms with Crippen molar-refractivity contribution in [1.29, 1.82) is 0 Å². The maximum absolute atomic E-state index is 11.8. The lowest BCUT2D eigenvalue weighted by atomic mass is 10.1. The highest BCUT2D eigenvalue weighted by molar-refractivity contribution is 7.07. The zero-order valence-electron chi connectivity index (χ0n) is 9.17. The summed E-state index contributed by atoms with van der Waals surface area (Å²) >= 11 is 1.54. The summed E-state index contributed by atoms with van der Waals surface area (Å²) in [6, 6.07) is 0.902. The lowest BCUT2D eigenvalue weighted by molar-refractivity contribution is -0.122. The number of alkyl halides is 3. The fourth-order valence-electron chi connectivity index (χ4n) is 1.27. The Kier molecular flexibility index (Phi) is 4.80.